The Morgan fingerprint density at radius 2 is 2.00 bits per heavy atom. The van der Waals surface area contributed by atoms with Crippen LogP contribution < -0.4 is 4.74 Å². The molecular formula is C10H8ClF3O2. The zero-order valence-corrected chi connectivity index (χ0v) is 8.81. The summed E-state index contributed by atoms with van der Waals surface area (Å²) in [5, 5.41) is 0.433. The van der Waals surface area contributed by atoms with Gasteiger partial charge in [0.25, 0.3) is 0 Å². The molecule has 1 saturated heterocycles. The molecule has 2 nitrogen and oxygen atoms in total. The van der Waals surface area contributed by atoms with Crippen LogP contribution in [0, 0.1) is 0 Å². The minimum absolute atomic E-state index is 0.0595. The van der Waals surface area contributed by atoms with E-state index in [4.69, 9.17) is 16.3 Å². The predicted octanol–water partition coefficient (Wildman–Crippen LogP) is 3.35. The van der Waals surface area contributed by atoms with Gasteiger partial charge in [0.2, 0.25) is 0 Å². The Morgan fingerprint density at radius 3 is 2.50 bits per heavy atom. The summed E-state index contributed by atoms with van der Waals surface area (Å²) in [5.41, 5.74) is 0.634. The first kappa shape index (κ1) is 11.5. The van der Waals surface area contributed by atoms with Crippen LogP contribution in [0.5, 0.6) is 5.75 Å². The van der Waals surface area contributed by atoms with Gasteiger partial charge in [0.1, 0.15) is 5.75 Å². The molecule has 6 heteroatoms. The number of halogens is 4. The molecule has 16 heavy (non-hydrogen) atoms. The van der Waals surface area contributed by atoms with Crippen LogP contribution in [0.4, 0.5) is 13.2 Å². The third-order valence-corrected chi connectivity index (χ3v) is 2.62. The van der Waals surface area contributed by atoms with E-state index in [0.29, 0.717) is 23.8 Å². The molecule has 1 aromatic carbocycles. The third-order valence-electron chi connectivity index (χ3n) is 2.28. The lowest BCUT2D eigenvalue weighted by atomic mass is 9.97. The molecule has 0 bridgehead atoms. The molecule has 0 saturated carbocycles. The lowest BCUT2D eigenvalue weighted by molar-refractivity contribution is -0.274. The van der Waals surface area contributed by atoms with E-state index in [2.05, 4.69) is 4.74 Å². The Bertz CT molecular complexity index is 388. The molecule has 1 fully saturated rings. The van der Waals surface area contributed by atoms with Crippen molar-refractivity contribution < 1.29 is 22.6 Å². The molecule has 0 aliphatic carbocycles. The monoisotopic (exact) mass is 252 g/mol. The lowest BCUT2D eigenvalue weighted by Gasteiger charge is -2.27. The highest BCUT2D eigenvalue weighted by atomic mass is 35.5. The summed E-state index contributed by atoms with van der Waals surface area (Å²) in [6.45, 7) is 0.963. The van der Waals surface area contributed by atoms with E-state index in [1.165, 1.54) is 18.2 Å². The van der Waals surface area contributed by atoms with Crippen LogP contribution in [-0.2, 0) is 4.74 Å². The third kappa shape index (κ3) is 2.59. The highest BCUT2D eigenvalue weighted by Crippen LogP contribution is 2.34. The van der Waals surface area contributed by atoms with Gasteiger partial charge in [-0.25, -0.2) is 0 Å². The normalized spacial score (nSPS) is 17.0. The van der Waals surface area contributed by atoms with Crippen LogP contribution in [0.15, 0.2) is 18.2 Å². The highest BCUT2D eigenvalue weighted by Gasteiger charge is 2.32. The van der Waals surface area contributed by atoms with Crippen molar-refractivity contribution in [2.45, 2.75) is 12.3 Å². The summed E-state index contributed by atoms with van der Waals surface area (Å²) in [7, 11) is 0. The van der Waals surface area contributed by atoms with Crippen molar-refractivity contribution in [1.29, 1.82) is 0 Å². The van der Waals surface area contributed by atoms with Gasteiger partial charge in [0.05, 0.1) is 13.2 Å². The number of hydrogen-bond donors (Lipinski definition) is 0. The van der Waals surface area contributed by atoms with Crippen molar-refractivity contribution >= 4 is 11.6 Å². The van der Waals surface area contributed by atoms with E-state index in [0.717, 1.165) is 0 Å². The zero-order chi connectivity index (χ0) is 11.8. The summed E-state index contributed by atoms with van der Waals surface area (Å²) in [6, 6.07) is 3.90. The molecule has 1 aliphatic heterocycles. The minimum Gasteiger partial charge on any atom is -0.406 e. The first-order valence-electron chi connectivity index (χ1n) is 4.58. The van der Waals surface area contributed by atoms with Gasteiger partial charge < -0.3 is 9.47 Å². The van der Waals surface area contributed by atoms with Crippen molar-refractivity contribution in [2.24, 2.45) is 0 Å². The average Bonchev–Trinajstić information content (AvgIpc) is 2.05. The first-order chi connectivity index (χ1) is 7.46. The zero-order valence-electron chi connectivity index (χ0n) is 8.05. The smallest absolute Gasteiger partial charge is 0.406 e. The van der Waals surface area contributed by atoms with E-state index in [-0.39, 0.29) is 11.7 Å². The average molecular weight is 253 g/mol. The van der Waals surface area contributed by atoms with Gasteiger partial charge in [-0.2, -0.15) is 0 Å². The molecule has 0 amide bonds. The van der Waals surface area contributed by atoms with E-state index in [1.54, 1.807) is 0 Å². The fraction of sp³-hybridized carbons (Fsp3) is 0.400. The molecule has 1 heterocycles. The second-order valence-electron chi connectivity index (χ2n) is 3.47. The Labute approximate surface area is 94.9 Å². The van der Waals surface area contributed by atoms with Crippen molar-refractivity contribution in [3.8, 4) is 5.75 Å². The molecule has 0 spiro atoms. The Balaban J connectivity index is 2.21. The molecule has 0 aromatic heterocycles. The molecule has 0 unspecified atom stereocenters. The van der Waals surface area contributed by atoms with Crippen LogP contribution in [0.2, 0.25) is 5.02 Å². The van der Waals surface area contributed by atoms with E-state index >= 15 is 0 Å². The summed E-state index contributed by atoms with van der Waals surface area (Å²) in [5.74, 6) is -0.192. The molecular weight excluding hydrogens is 245 g/mol. The Morgan fingerprint density at radius 1 is 1.31 bits per heavy atom. The molecule has 0 radical (unpaired) electrons. The number of rotatable bonds is 2. The van der Waals surface area contributed by atoms with Crippen molar-refractivity contribution in [2.75, 3.05) is 13.2 Å². The van der Waals surface area contributed by atoms with Crippen LogP contribution in [0.25, 0.3) is 0 Å². The number of ether oxygens (including phenoxy) is 2. The topological polar surface area (TPSA) is 18.5 Å². The van der Waals surface area contributed by atoms with Gasteiger partial charge in [-0.05, 0) is 23.8 Å². The van der Waals surface area contributed by atoms with Gasteiger partial charge in [-0.3, -0.25) is 0 Å². The van der Waals surface area contributed by atoms with Gasteiger partial charge in [0.15, 0.2) is 0 Å². The van der Waals surface area contributed by atoms with Crippen LogP contribution in [0.3, 0.4) is 0 Å². The van der Waals surface area contributed by atoms with Gasteiger partial charge >= 0.3 is 6.36 Å². The maximum atomic E-state index is 12.0. The van der Waals surface area contributed by atoms with Gasteiger partial charge in [0, 0.05) is 10.9 Å². The van der Waals surface area contributed by atoms with Gasteiger partial charge in [-0.15, -0.1) is 13.2 Å². The first-order valence-corrected chi connectivity index (χ1v) is 4.96. The highest BCUT2D eigenvalue weighted by molar-refractivity contribution is 6.31. The van der Waals surface area contributed by atoms with E-state index in [9.17, 15) is 13.2 Å². The molecule has 1 aliphatic rings. The maximum Gasteiger partial charge on any atom is 0.573 e. The SMILES string of the molecule is FC(F)(F)Oc1ccc(Cl)c(C2COC2)c1. The van der Waals surface area contributed by atoms with Crippen LogP contribution >= 0.6 is 11.6 Å². The number of alkyl halides is 3. The molecule has 88 valence electrons. The molecule has 0 atom stereocenters. The summed E-state index contributed by atoms with van der Waals surface area (Å²) >= 11 is 5.88. The maximum absolute atomic E-state index is 12.0. The molecule has 2 rings (SSSR count). The van der Waals surface area contributed by atoms with Crippen molar-refractivity contribution in [3.05, 3.63) is 28.8 Å². The lowest BCUT2D eigenvalue weighted by Crippen LogP contribution is -2.25. The van der Waals surface area contributed by atoms with E-state index < -0.39 is 6.36 Å². The quantitative estimate of drug-likeness (QED) is 0.804. The second-order valence-corrected chi connectivity index (χ2v) is 3.87. The summed E-state index contributed by atoms with van der Waals surface area (Å²) in [4.78, 5) is 0. The molecule has 1 aromatic rings. The largest absolute Gasteiger partial charge is 0.573 e. The van der Waals surface area contributed by atoms with Crippen molar-refractivity contribution in [1.82, 2.24) is 0 Å². The van der Waals surface area contributed by atoms with Crippen LogP contribution in [0.1, 0.15) is 11.5 Å². The predicted molar refractivity (Wildman–Crippen MR) is 51.7 cm³/mol. The van der Waals surface area contributed by atoms with Gasteiger partial charge in [-0.1, -0.05) is 11.6 Å². The fourth-order valence-electron chi connectivity index (χ4n) is 1.45. The number of hydrogen-bond acceptors (Lipinski definition) is 2. The summed E-state index contributed by atoms with van der Waals surface area (Å²) in [6.07, 6.45) is -4.68. The van der Waals surface area contributed by atoms with Crippen molar-refractivity contribution in [3.63, 3.8) is 0 Å². The molecule has 0 N–H and O–H groups in total. The number of benzene rings is 1. The second kappa shape index (κ2) is 4.14. The van der Waals surface area contributed by atoms with Crippen LogP contribution in [-0.4, -0.2) is 19.6 Å². The summed E-state index contributed by atoms with van der Waals surface area (Å²) < 4.78 is 44.8. The Kier molecular flexibility index (Phi) is 2.99. The minimum atomic E-state index is -4.68. The fourth-order valence-corrected chi connectivity index (χ4v) is 1.72. The van der Waals surface area contributed by atoms with E-state index in [1.807, 2.05) is 0 Å². The standard InChI is InChI=1S/C10H8ClF3O2/c11-9-2-1-7(16-10(12,13)14)3-8(9)6-4-15-5-6/h1-3,6H,4-5H2. The Hall–Kier alpha value is -0.940.